The topological polar surface area (TPSA) is 54.0 Å². The monoisotopic (exact) mass is 273 g/mol. The van der Waals surface area contributed by atoms with Crippen molar-refractivity contribution in [2.24, 2.45) is 0 Å². The van der Waals surface area contributed by atoms with E-state index >= 15 is 0 Å². The smallest absolute Gasteiger partial charge is 0.257 e. The molecule has 2 aromatic rings. The molecule has 0 unspecified atom stereocenters. The highest BCUT2D eigenvalue weighted by molar-refractivity contribution is 7.98. The van der Waals surface area contributed by atoms with Gasteiger partial charge in [0.15, 0.2) is 0 Å². The van der Waals surface area contributed by atoms with Crippen LogP contribution in [0.15, 0.2) is 47.5 Å². The summed E-state index contributed by atoms with van der Waals surface area (Å²) in [7, 11) is 1.79. The molecule has 5 heteroatoms. The van der Waals surface area contributed by atoms with Gasteiger partial charge in [-0.25, -0.2) is 4.98 Å². The van der Waals surface area contributed by atoms with Crippen molar-refractivity contribution in [3.63, 3.8) is 0 Å². The van der Waals surface area contributed by atoms with Crippen molar-refractivity contribution < 1.29 is 4.79 Å². The van der Waals surface area contributed by atoms with E-state index in [2.05, 4.69) is 15.6 Å². The lowest BCUT2D eigenvalue weighted by Gasteiger charge is -2.07. The van der Waals surface area contributed by atoms with Crippen molar-refractivity contribution in [2.75, 3.05) is 23.9 Å². The van der Waals surface area contributed by atoms with Crippen molar-refractivity contribution in [3.05, 3.63) is 48.2 Å². The number of pyridine rings is 1. The molecular formula is C14H15N3OS. The maximum Gasteiger partial charge on any atom is 0.257 e. The molecule has 4 nitrogen and oxygen atoms in total. The molecule has 1 aromatic carbocycles. The van der Waals surface area contributed by atoms with Gasteiger partial charge in [0.2, 0.25) is 0 Å². The van der Waals surface area contributed by atoms with Gasteiger partial charge in [-0.3, -0.25) is 4.79 Å². The predicted octanol–water partition coefficient (Wildman–Crippen LogP) is 3.10. The van der Waals surface area contributed by atoms with Crippen molar-refractivity contribution in [2.45, 2.75) is 4.90 Å². The normalized spacial score (nSPS) is 10.0. The summed E-state index contributed by atoms with van der Waals surface area (Å²) >= 11 is 1.64. The molecule has 2 N–H and O–H groups in total. The number of benzene rings is 1. The Bertz CT molecular complexity index is 569. The van der Waals surface area contributed by atoms with Crippen LogP contribution in [0.3, 0.4) is 0 Å². The lowest BCUT2D eigenvalue weighted by atomic mass is 10.2. The van der Waals surface area contributed by atoms with Gasteiger partial charge < -0.3 is 10.6 Å². The van der Waals surface area contributed by atoms with Crippen LogP contribution >= 0.6 is 11.8 Å². The van der Waals surface area contributed by atoms with Crippen LogP contribution < -0.4 is 10.6 Å². The second-order valence-electron chi connectivity index (χ2n) is 3.87. The summed E-state index contributed by atoms with van der Waals surface area (Å²) in [6.07, 6.45) is 3.56. The number of hydrogen-bond acceptors (Lipinski definition) is 4. The number of hydrogen-bond donors (Lipinski definition) is 2. The number of nitrogens with zero attached hydrogens (tertiary/aromatic N) is 1. The molecule has 98 valence electrons. The first kappa shape index (κ1) is 13.4. The Hall–Kier alpha value is -2.01. The summed E-state index contributed by atoms with van der Waals surface area (Å²) in [5.74, 6) is 0.578. The maximum absolute atomic E-state index is 12.0. The molecule has 0 aliphatic heterocycles. The minimum absolute atomic E-state index is 0.159. The van der Waals surface area contributed by atoms with Crippen LogP contribution in [0.4, 0.5) is 11.5 Å². The Morgan fingerprint density at radius 3 is 2.74 bits per heavy atom. The quantitative estimate of drug-likeness (QED) is 0.840. The first-order valence-corrected chi connectivity index (χ1v) is 7.04. The molecule has 1 heterocycles. The number of aromatic nitrogens is 1. The predicted molar refractivity (Wildman–Crippen MR) is 80.0 cm³/mol. The van der Waals surface area contributed by atoms with Crippen LogP contribution in [0.1, 0.15) is 10.4 Å². The highest BCUT2D eigenvalue weighted by atomic mass is 32.2. The molecule has 1 amide bonds. The molecule has 0 saturated heterocycles. The van der Waals surface area contributed by atoms with Crippen LogP contribution in [0, 0.1) is 0 Å². The summed E-state index contributed by atoms with van der Waals surface area (Å²) in [6.45, 7) is 0. The van der Waals surface area contributed by atoms with Crippen LogP contribution in [-0.2, 0) is 0 Å². The molecule has 0 saturated carbocycles. The zero-order chi connectivity index (χ0) is 13.7. The summed E-state index contributed by atoms with van der Waals surface area (Å²) in [5, 5.41) is 5.77. The summed E-state index contributed by atoms with van der Waals surface area (Å²) in [5.41, 5.74) is 1.32. The fourth-order valence-corrected chi connectivity index (χ4v) is 2.04. The van der Waals surface area contributed by atoms with Crippen molar-refractivity contribution in [1.29, 1.82) is 0 Å². The Morgan fingerprint density at radius 2 is 2.11 bits per heavy atom. The number of thioether (sulfide) groups is 1. The Balaban J connectivity index is 2.11. The zero-order valence-electron chi connectivity index (χ0n) is 10.8. The average molecular weight is 273 g/mol. The second kappa shape index (κ2) is 6.24. The molecule has 1 aromatic heterocycles. The Kier molecular flexibility index (Phi) is 4.41. The molecule has 0 aliphatic carbocycles. The van der Waals surface area contributed by atoms with Crippen LogP contribution in [0.25, 0.3) is 0 Å². The van der Waals surface area contributed by atoms with E-state index in [-0.39, 0.29) is 5.91 Å². The number of nitrogens with one attached hydrogen (secondary N) is 2. The van der Waals surface area contributed by atoms with E-state index in [0.717, 1.165) is 16.4 Å². The Morgan fingerprint density at radius 1 is 1.26 bits per heavy atom. The number of amides is 1. The summed E-state index contributed by atoms with van der Waals surface area (Å²) in [6, 6.07) is 11.2. The van der Waals surface area contributed by atoms with Gasteiger partial charge >= 0.3 is 0 Å². The highest BCUT2D eigenvalue weighted by Crippen LogP contribution is 2.19. The van der Waals surface area contributed by atoms with E-state index in [1.807, 2.05) is 30.5 Å². The van der Waals surface area contributed by atoms with Crippen molar-refractivity contribution in [1.82, 2.24) is 4.98 Å². The van der Waals surface area contributed by atoms with Gasteiger partial charge in [-0.15, -0.1) is 11.8 Å². The number of carbonyl (C=O) groups is 1. The zero-order valence-corrected chi connectivity index (χ0v) is 11.6. The molecule has 0 spiro atoms. The molecule has 0 fully saturated rings. The minimum atomic E-state index is -0.159. The maximum atomic E-state index is 12.0. The van der Waals surface area contributed by atoms with Crippen LogP contribution in [0.5, 0.6) is 0 Å². The Labute approximate surface area is 116 Å². The highest BCUT2D eigenvalue weighted by Gasteiger charge is 2.06. The lowest BCUT2D eigenvalue weighted by Crippen LogP contribution is -2.12. The van der Waals surface area contributed by atoms with Gasteiger partial charge in [0.1, 0.15) is 5.82 Å². The summed E-state index contributed by atoms with van der Waals surface area (Å²) in [4.78, 5) is 17.3. The number of carbonyl (C=O) groups excluding carboxylic acids is 1. The molecule has 0 atom stereocenters. The number of rotatable bonds is 4. The fraction of sp³-hybridized carbons (Fsp3) is 0.143. The third-order valence-electron chi connectivity index (χ3n) is 2.61. The fourth-order valence-electron chi connectivity index (χ4n) is 1.58. The molecule has 19 heavy (non-hydrogen) atoms. The SMILES string of the molecule is CNc1ccc(C(=O)Nc2cccc(SC)c2)cn1. The van der Waals surface area contributed by atoms with E-state index in [0.29, 0.717) is 5.56 Å². The van der Waals surface area contributed by atoms with E-state index < -0.39 is 0 Å². The van der Waals surface area contributed by atoms with Gasteiger partial charge in [0, 0.05) is 23.8 Å². The summed E-state index contributed by atoms with van der Waals surface area (Å²) < 4.78 is 0. The van der Waals surface area contributed by atoms with Crippen molar-refractivity contribution in [3.8, 4) is 0 Å². The lowest BCUT2D eigenvalue weighted by molar-refractivity contribution is 0.102. The van der Waals surface area contributed by atoms with E-state index in [1.54, 1.807) is 37.1 Å². The standard InChI is InChI=1S/C14H15N3OS/c1-15-13-7-6-10(9-16-13)14(18)17-11-4-3-5-12(8-11)19-2/h3-9H,1-2H3,(H,15,16)(H,17,18). The third-order valence-corrected chi connectivity index (χ3v) is 3.33. The van der Waals surface area contributed by atoms with E-state index in [4.69, 9.17) is 0 Å². The first-order valence-electron chi connectivity index (χ1n) is 5.82. The molecular weight excluding hydrogens is 258 g/mol. The minimum Gasteiger partial charge on any atom is -0.373 e. The second-order valence-corrected chi connectivity index (χ2v) is 4.75. The van der Waals surface area contributed by atoms with Gasteiger partial charge in [-0.1, -0.05) is 6.07 Å². The van der Waals surface area contributed by atoms with Gasteiger partial charge in [0.05, 0.1) is 5.56 Å². The van der Waals surface area contributed by atoms with Crippen LogP contribution in [0.2, 0.25) is 0 Å². The molecule has 2 rings (SSSR count). The van der Waals surface area contributed by atoms with Crippen molar-refractivity contribution >= 4 is 29.2 Å². The molecule has 0 radical (unpaired) electrons. The van der Waals surface area contributed by atoms with Gasteiger partial charge in [0.25, 0.3) is 5.91 Å². The van der Waals surface area contributed by atoms with E-state index in [1.165, 1.54) is 0 Å². The average Bonchev–Trinajstić information content (AvgIpc) is 2.47. The van der Waals surface area contributed by atoms with E-state index in [9.17, 15) is 4.79 Å². The largest absolute Gasteiger partial charge is 0.373 e. The van der Waals surface area contributed by atoms with Gasteiger partial charge in [-0.05, 0) is 36.6 Å². The molecule has 0 aliphatic rings. The van der Waals surface area contributed by atoms with Crippen LogP contribution in [-0.4, -0.2) is 24.2 Å². The molecule has 0 bridgehead atoms. The number of anilines is 2. The first-order chi connectivity index (χ1) is 9.22. The van der Waals surface area contributed by atoms with Gasteiger partial charge in [-0.2, -0.15) is 0 Å². The third kappa shape index (κ3) is 3.48.